The number of alkyl halides is 3. The lowest BCUT2D eigenvalue weighted by atomic mass is 9.98. The summed E-state index contributed by atoms with van der Waals surface area (Å²) in [6.07, 6.45) is 4.06. The second-order valence-electron chi connectivity index (χ2n) is 8.34. The molecule has 0 saturated heterocycles. The van der Waals surface area contributed by atoms with E-state index in [0.717, 1.165) is 31.7 Å². The standard InChI is InChI=1S/C24H31F3O3S/c1-4-5-6-7-8-9-12-23(3)21(15-22(29)31-23)30-16-19(28)14-18-11-10-17(2)13-20(18)24(25,26)27/h10-11,13,15H,4-9,12,14,16H2,1-3H3. The first kappa shape index (κ1) is 25.5. The molecule has 1 aromatic rings. The van der Waals surface area contributed by atoms with Crippen LogP contribution in [0.5, 0.6) is 0 Å². The van der Waals surface area contributed by atoms with Gasteiger partial charge < -0.3 is 4.74 Å². The topological polar surface area (TPSA) is 43.4 Å². The molecule has 1 heterocycles. The van der Waals surface area contributed by atoms with E-state index in [1.807, 2.05) is 6.92 Å². The Kier molecular flexibility index (Phi) is 9.22. The monoisotopic (exact) mass is 456 g/mol. The number of hydrogen-bond acceptors (Lipinski definition) is 4. The van der Waals surface area contributed by atoms with Crippen LogP contribution in [0.3, 0.4) is 0 Å². The number of rotatable bonds is 12. The summed E-state index contributed by atoms with van der Waals surface area (Å²) in [5, 5.41) is -0.117. The van der Waals surface area contributed by atoms with E-state index < -0.39 is 22.3 Å². The van der Waals surface area contributed by atoms with Gasteiger partial charge in [-0.2, -0.15) is 13.2 Å². The summed E-state index contributed by atoms with van der Waals surface area (Å²) in [5.41, 5.74) is -0.371. The number of carbonyl (C=O) groups excluding carboxylic acids is 2. The number of hydrogen-bond donors (Lipinski definition) is 0. The Hall–Kier alpha value is -1.76. The normalized spacial score (nSPS) is 18.9. The quantitative estimate of drug-likeness (QED) is 0.324. The van der Waals surface area contributed by atoms with Crippen molar-refractivity contribution < 1.29 is 27.5 Å². The summed E-state index contributed by atoms with van der Waals surface area (Å²) in [5.74, 6) is -0.00845. The Labute approximate surface area is 186 Å². The van der Waals surface area contributed by atoms with Gasteiger partial charge in [0.25, 0.3) is 0 Å². The van der Waals surface area contributed by atoms with Crippen molar-refractivity contribution >= 4 is 22.7 Å². The van der Waals surface area contributed by atoms with Gasteiger partial charge in [-0.1, -0.05) is 74.9 Å². The average Bonchev–Trinajstić information content (AvgIpc) is 2.97. The Morgan fingerprint density at radius 2 is 1.81 bits per heavy atom. The minimum Gasteiger partial charge on any atom is -0.489 e. The molecule has 0 N–H and O–H groups in total. The van der Waals surface area contributed by atoms with Gasteiger partial charge >= 0.3 is 6.18 Å². The number of ketones is 1. The molecule has 172 valence electrons. The zero-order valence-electron chi connectivity index (χ0n) is 18.4. The van der Waals surface area contributed by atoms with Crippen molar-refractivity contribution in [3.8, 4) is 0 Å². The van der Waals surface area contributed by atoms with E-state index in [0.29, 0.717) is 11.3 Å². The maximum atomic E-state index is 13.3. The molecule has 1 aromatic carbocycles. The number of carbonyl (C=O) groups is 2. The molecule has 0 bridgehead atoms. The molecule has 0 spiro atoms. The van der Waals surface area contributed by atoms with Crippen LogP contribution in [0.1, 0.15) is 75.5 Å². The van der Waals surface area contributed by atoms with Crippen LogP contribution in [-0.2, 0) is 26.9 Å². The minimum atomic E-state index is -4.52. The molecular weight excluding hydrogens is 425 g/mol. The molecule has 1 aliphatic rings. The first-order chi connectivity index (χ1) is 14.5. The van der Waals surface area contributed by atoms with Gasteiger partial charge in [-0.15, -0.1) is 0 Å². The maximum Gasteiger partial charge on any atom is 0.416 e. The van der Waals surface area contributed by atoms with Crippen LogP contribution in [0.25, 0.3) is 0 Å². The highest BCUT2D eigenvalue weighted by atomic mass is 32.2. The van der Waals surface area contributed by atoms with Crippen molar-refractivity contribution in [3.63, 3.8) is 0 Å². The molecule has 1 atom stereocenters. The lowest BCUT2D eigenvalue weighted by Crippen LogP contribution is -2.24. The van der Waals surface area contributed by atoms with Gasteiger partial charge in [0.15, 0.2) is 5.78 Å². The first-order valence-electron chi connectivity index (χ1n) is 10.8. The molecule has 0 saturated carbocycles. The van der Waals surface area contributed by atoms with Gasteiger partial charge in [0.2, 0.25) is 5.12 Å². The van der Waals surface area contributed by atoms with Gasteiger partial charge in [0.05, 0.1) is 10.3 Å². The molecule has 7 heteroatoms. The van der Waals surface area contributed by atoms with Crippen LogP contribution < -0.4 is 0 Å². The van der Waals surface area contributed by atoms with Crippen LogP contribution in [0.2, 0.25) is 0 Å². The highest BCUT2D eigenvalue weighted by Crippen LogP contribution is 2.44. The summed E-state index contributed by atoms with van der Waals surface area (Å²) in [6, 6.07) is 3.95. The molecule has 1 unspecified atom stereocenters. The Morgan fingerprint density at radius 1 is 1.13 bits per heavy atom. The number of ether oxygens (including phenoxy) is 1. The fourth-order valence-corrected chi connectivity index (χ4v) is 4.78. The third-order valence-corrected chi connectivity index (χ3v) is 6.63. The minimum absolute atomic E-state index is 0.0626. The predicted octanol–water partition coefficient (Wildman–Crippen LogP) is 6.81. The Bertz CT molecular complexity index is 817. The third kappa shape index (κ3) is 7.70. The van der Waals surface area contributed by atoms with Gasteiger partial charge in [-0.25, -0.2) is 0 Å². The zero-order chi connectivity index (χ0) is 23.1. The molecule has 0 aliphatic carbocycles. The van der Waals surface area contributed by atoms with Crippen molar-refractivity contribution in [1.82, 2.24) is 0 Å². The maximum absolute atomic E-state index is 13.3. The Morgan fingerprint density at radius 3 is 2.48 bits per heavy atom. The SMILES string of the molecule is CCCCCCCCC1(C)SC(=O)C=C1OCC(=O)Cc1ccc(C)cc1C(F)(F)F. The Balaban J connectivity index is 1.93. The van der Waals surface area contributed by atoms with E-state index in [-0.39, 0.29) is 23.7 Å². The lowest BCUT2D eigenvalue weighted by Gasteiger charge is -2.26. The predicted molar refractivity (Wildman–Crippen MR) is 118 cm³/mol. The van der Waals surface area contributed by atoms with Crippen LogP contribution in [-0.4, -0.2) is 22.3 Å². The molecule has 0 amide bonds. The summed E-state index contributed by atoms with van der Waals surface area (Å²) in [6.45, 7) is 5.32. The first-order valence-corrected chi connectivity index (χ1v) is 11.6. The van der Waals surface area contributed by atoms with Crippen LogP contribution >= 0.6 is 11.8 Å². The summed E-state index contributed by atoms with van der Waals surface area (Å²) >= 11 is 1.19. The number of aryl methyl sites for hydroxylation is 1. The van der Waals surface area contributed by atoms with Crippen molar-refractivity contribution in [2.45, 2.75) is 83.1 Å². The highest BCUT2D eigenvalue weighted by molar-refractivity contribution is 8.15. The third-order valence-electron chi connectivity index (χ3n) is 5.45. The highest BCUT2D eigenvalue weighted by Gasteiger charge is 2.39. The molecular formula is C24H31F3O3S. The molecule has 1 aliphatic heterocycles. The van der Waals surface area contributed by atoms with E-state index in [4.69, 9.17) is 4.74 Å². The van der Waals surface area contributed by atoms with Crippen molar-refractivity contribution in [2.75, 3.05) is 6.61 Å². The summed E-state index contributed by atoms with van der Waals surface area (Å²) in [7, 11) is 0. The largest absolute Gasteiger partial charge is 0.489 e. The second kappa shape index (κ2) is 11.2. The van der Waals surface area contributed by atoms with Crippen molar-refractivity contribution in [3.05, 3.63) is 46.7 Å². The van der Waals surface area contributed by atoms with Gasteiger partial charge in [-0.3, -0.25) is 9.59 Å². The molecule has 0 radical (unpaired) electrons. The van der Waals surface area contributed by atoms with Gasteiger partial charge in [0.1, 0.15) is 12.4 Å². The van der Waals surface area contributed by atoms with E-state index >= 15 is 0 Å². The fourth-order valence-electron chi connectivity index (χ4n) is 3.70. The number of benzene rings is 1. The number of thioether (sulfide) groups is 1. The van der Waals surface area contributed by atoms with Gasteiger partial charge in [-0.05, 0) is 31.9 Å². The smallest absolute Gasteiger partial charge is 0.416 e. The van der Waals surface area contributed by atoms with Crippen LogP contribution in [0, 0.1) is 6.92 Å². The molecule has 2 rings (SSSR count). The van der Waals surface area contributed by atoms with Crippen molar-refractivity contribution in [1.29, 1.82) is 0 Å². The number of Topliss-reactive ketones (excluding diaryl/α,β-unsaturated/α-hetero) is 1. The molecule has 0 fully saturated rings. The average molecular weight is 457 g/mol. The number of halogens is 3. The van der Waals surface area contributed by atoms with Crippen LogP contribution in [0.4, 0.5) is 13.2 Å². The fraction of sp³-hybridized carbons (Fsp3) is 0.583. The van der Waals surface area contributed by atoms with E-state index in [2.05, 4.69) is 6.92 Å². The summed E-state index contributed by atoms with van der Waals surface area (Å²) in [4.78, 5) is 24.3. The second-order valence-corrected chi connectivity index (χ2v) is 9.85. The van der Waals surface area contributed by atoms with Gasteiger partial charge in [0, 0.05) is 12.5 Å². The van der Waals surface area contributed by atoms with E-state index in [9.17, 15) is 22.8 Å². The van der Waals surface area contributed by atoms with Crippen molar-refractivity contribution in [2.24, 2.45) is 0 Å². The van der Waals surface area contributed by atoms with E-state index in [1.54, 1.807) is 13.0 Å². The van der Waals surface area contributed by atoms with Crippen LogP contribution in [0.15, 0.2) is 30.0 Å². The molecule has 31 heavy (non-hydrogen) atoms. The number of unbranched alkanes of at least 4 members (excludes halogenated alkanes) is 5. The van der Waals surface area contributed by atoms with E-state index in [1.165, 1.54) is 43.2 Å². The lowest BCUT2D eigenvalue weighted by molar-refractivity contribution is -0.138. The zero-order valence-corrected chi connectivity index (χ0v) is 19.3. The molecule has 0 aromatic heterocycles. The molecule has 3 nitrogen and oxygen atoms in total. The summed E-state index contributed by atoms with van der Waals surface area (Å²) < 4.78 is 45.0.